The Morgan fingerprint density at radius 3 is 2.76 bits per heavy atom. The van der Waals surface area contributed by atoms with Crippen LogP contribution in [0.2, 0.25) is 5.02 Å². The molecule has 0 spiro atoms. The molecule has 0 atom stereocenters. The SMILES string of the molecule is COC(CN1C(=O)Cc2ccc(Cl)cc21)OC. The Labute approximate surface area is 105 Å². The lowest BCUT2D eigenvalue weighted by Gasteiger charge is -2.22. The van der Waals surface area contributed by atoms with Crippen molar-refractivity contribution < 1.29 is 14.3 Å². The smallest absolute Gasteiger partial charge is 0.231 e. The molecule has 0 aliphatic carbocycles. The van der Waals surface area contributed by atoms with E-state index in [1.54, 1.807) is 31.3 Å². The summed E-state index contributed by atoms with van der Waals surface area (Å²) < 4.78 is 10.2. The maximum atomic E-state index is 11.9. The Hall–Kier alpha value is -1.10. The first-order chi connectivity index (χ1) is 8.15. The Morgan fingerprint density at radius 2 is 2.12 bits per heavy atom. The third-order valence-corrected chi connectivity index (χ3v) is 3.07. The first-order valence-corrected chi connectivity index (χ1v) is 5.68. The number of amides is 1. The summed E-state index contributed by atoms with van der Waals surface area (Å²) in [4.78, 5) is 13.5. The number of carbonyl (C=O) groups is 1. The maximum Gasteiger partial charge on any atom is 0.231 e. The molecule has 1 aromatic rings. The van der Waals surface area contributed by atoms with E-state index in [1.807, 2.05) is 6.07 Å². The van der Waals surface area contributed by atoms with E-state index < -0.39 is 6.29 Å². The summed E-state index contributed by atoms with van der Waals surface area (Å²) in [6, 6.07) is 5.47. The Balaban J connectivity index is 2.24. The summed E-state index contributed by atoms with van der Waals surface area (Å²) in [6.07, 6.45) is -0.0176. The maximum absolute atomic E-state index is 11.9. The lowest BCUT2D eigenvalue weighted by Crippen LogP contribution is -2.36. The van der Waals surface area contributed by atoms with E-state index in [9.17, 15) is 4.79 Å². The molecule has 17 heavy (non-hydrogen) atoms. The molecule has 1 heterocycles. The van der Waals surface area contributed by atoms with E-state index >= 15 is 0 Å². The second-order valence-corrected chi connectivity index (χ2v) is 4.29. The number of nitrogens with zero attached hydrogens (tertiary/aromatic N) is 1. The van der Waals surface area contributed by atoms with Crippen molar-refractivity contribution in [3.8, 4) is 0 Å². The molecule has 2 rings (SSSR count). The molecule has 0 saturated heterocycles. The quantitative estimate of drug-likeness (QED) is 0.771. The van der Waals surface area contributed by atoms with Gasteiger partial charge in [0.05, 0.1) is 13.0 Å². The number of carbonyl (C=O) groups excluding carboxylic acids is 1. The zero-order valence-corrected chi connectivity index (χ0v) is 10.5. The highest BCUT2D eigenvalue weighted by molar-refractivity contribution is 6.31. The largest absolute Gasteiger partial charge is 0.354 e. The summed E-state index contributed by atoms with van der Waals surface area (Å²) in [5.41, 5.74) is 1.84. The molecule has 4 nitrogen and oxygen atoms in total. The van der Waals surface area contributed by atoms with Gasteiger partial charge in [-0.1, -0.05) is 17.7 Å². The fourth-order valence-electron chi connectivity index (χ4n) is 1.92. The highest BCUT2D eigenvalue weighted by atomic mass is 35.5. The molecular weight excluding hydrogens is 242 g/mol. The van der Waals surface area contributed by atoms with Crippen molar-refractivity contribution in [3.05, 3.63) is 28.8 Å². The molecule has 1 aliphatic rings. The van der Waals surface area contributed by atoms with Crippen LogP contribution in [0.15, 0.2) is 18.2 Å². The predicted octanol–water partition coefficient (Wildman–Crippen LogP) is 1.85. The summed E-state index contributed by atoms with van der Waals surface area (Å²) in [6.45, 7) is 0.374. The predicted molar refractivity (Wildman–Crippen MR) is 65.3 cm³/mol. The van der Waals surface area contributed by atoms with E-state index in [2.05, 4.69) is 0 Å². The van der Waals surface area contributed by atoms with Crippen LogP contribution in [0.1, 0.15) is 5.56 Å². The molecule has 5 heteroatoms. The average Bonchev–Trinajstić information content (AvgIpc) is 2.62. The lowest BCUT2D eigenvalue weighted by atomic mass is 10.2. The van der Waals surface area contributed by atoms with E-state index in [0.717, 1.165) is 11.3 Å². The van der Waals surface area contributed by atoms with Gasteiger partial charge in [0.25, 0.3) is 0 Å². The monoisotopic (exact) mass is 255 g/mol. The van der Waals surface area contributed by atoms with Crippen molar-refractivity contribution in [2.24, 2.45) is 0 Å². The van der Waals surface area contributed by atoms with E-state index in [-0.39, 0.29) is 5.91 Å². The number of rotatable bonds is 4. The average molecular weight is 256 g/mol. The van der Waals surface area contributed by atoms with Crippen LogP contribution in [0, 0.1) is 0 Å². The van der Waals surface area contributed by atoms with E-state index in [4.69, 9.17) is 21.1 Å². The zero-order chi connectivity index (χ0) is 12.4. The molecule has 0 unspecified atom stereocenters. The van der Waals surface area contributed by atoms with Crippen LogP contribution in [0.4, 0.5) is 5.69 Å². The first-order valence-electron chi connectivity index (χ1n) is 5.30. The molecule has 0 radical (unpaired) electrons. The highest BCUT2D eigenvalue weighted by Gasteiger charge is 2.29. The van der Waals surface area contributed by atoms with Crippen molar-refractivity contribution >= 4 is 23.2 Å². The second-order valence-electron chi connectivity index (χ2n) is 3.86. The van der Waals surface area contributed by atoms with Gasteiger partial charge >= 0.3 is 0 Å². The van der Waals surface area contributed by atoms with Crippen molar-refractivity contribution in [1.29, 1.82) is 0 Å². The number of hydrogen-bond acceptors (Lipinski definition) is 3. The van der Waals surface area contributed by atoms with Crippen LogP contribution in [0.25, 0.3) is 0 Å². The molecule has 0 fully saturated rings. The highest BCUT2D eigenvalue weighted by Crippen LogP contribution is 2.31. The van der Waals surface area contributed by atoms with Gasteiger partial charge in [0.2, 0.25) is 5.91 Å². The minimum Gasteiger partial charge on any atom is -0.354 e. The normalized spacial score (nSPS) is 14.6. The zero-order valence-electron chi connectivity index (χ0n) is 9.77. The van der Waals surface area contributed by atoms with Gasteiger partial charge in [0, 0.05) is 24.9 Å². The summed E-state index contributed by atoms with van der Waals surface area (Å²) in [7, 11) is 3.10. The van der Waals surface area contributed by atoms with Gasteiger partial charge < -0.3 is 14.4 Å². The molecule has 1 aromatic carbocycles. The van der Waals surface area contributed by atoms with Crippen LogP contribution in [-0.2, 0) is 20.7 Å². The molecule has 0 N–H and O–H groups in total. The van der Waals surface area contributed by atoms with Crippen molar-refractivity contribution in [1.82, 2.24) is 0 Å². The summed E-state index contributed by atoms with van der Waals surface area (Å²) >= 11 is 5.94. The van der Waals surface area contributed by atoms with E-state index in [1.165, 1.54) is 0 Å². The minimum atomic E-state index is -0.427. The fourth-order valence-corrected chi connectivity index (χ4v) is 2.09. The van der Waals surface area contributed by atoms with Gasteiger partial charge in [-0.25, -0.2) is 0 Å². The molecule has 1 amide bonds. The Kier molecular flexibility index (Phi) is 3.66. The lowest BCUT2D eigenvalue weighted by molar-refractivity contribution is -0.121. The van der Waals surface area contributed by atoms with E-state index in [0.29, 0.717) is 18.0 Å². The molecule has 92 valence electrons. The van der Waals surface area contributed by atoms with Crippen LogP contribution in [0.3, 0.4) is 0 Å². The number of fused-ring (bicyclic) bond motifs is 1. The molecule has 0 bridgehead atoms. The molecular formula is C12H14ClNO3. The Morgan fingerprint density at radius 1 is 1.41 bits per heavy atom. The topological polar surface area (TPSA) is 38.8 Å². The van der Waals surface area contributed by atoms with Gasteiger partial charge in [0.15, 0.2) is 6.29 Å². The third-order valence-electron chi connectivity index (χ3n) is 2.84. The van der Waals surface area contributed by atoms with Crippen molar-refractivity contribution in [2.45, 2.75) is 12.7 Å². The fraction of sp³-hybridized carbons (Fsp3) is 0.417. The van der Waals surface area contributed by atoms with Gasteiger partial charge in [0.1, 0.15) is 0 Å². The number of benzene rings is 1. The molecule has 0 saturated carbocycles. The third kappa shape index (κ3) is 2.44. The number of ether oxygens (including phenoxy) is 2. The van der Waals surface area contributed by atoms with Crippen LogP contribution in [0.5, 0.6) is 0 Å². The summed E-state index contributed by atoms with van der Waals surface area (Å²) in [5.74, 6) is 0.0429. The van der Waals surface area contributed by atoms with Gasteiger partial charge in [-0.15, -0.1) is 0 Å². The number of halogens is 1. The minimum absolute atomic E-state index is 0.0429. The number of methoxy groups -OCH3 is 2. The van der Waals surface area contributed by atoms with Crippen LogP contribution < -0.4 is 4.90 Å². The Bertz CT molecular complexity index is 432. The van der Waals surface area contributed by atoms with Crippen LogP contribution >= 0.6 is 11.6 Å². The van der Waals surface area contributed by atoms with Crippen molar-refractivity contribution in [3.63, 3.8) is 0 Å². The second kappa shape index (κ2) is 5.04. The first kappa shape index (κ1) is 12.4. The molecule has 1 aliphatic heterocycles. The van der Waals surface area contributed by atoms with Gasteiger partial charge in [-0.05, 0) is 17.7 Å². The van der Waals surface area contributed by atoms with Crippen LogP contribution in [-0.4, -0.2) is 33.0 Å². The van der Waals surface area contributed by atoms with Gasteiger partial charge in [-0.2, -0.15) is 0 Å². The standard InChI is InChI=1S/C12H14ClNO3/c1-16-12(17-2)7-14-10-6-9(13)4-3-8(10)5-11(14)15/h3-4,6,12H,5,7H2,1-2H3. The molecule has 0 aromatic heterocycles. The summed E-state index contributed by atoms with van der Waals surface area (Å²) in [5, 5.41) is 0.620. The number of anilines is 1. The van der Waals surface area contributed by atoms with Gasteiger partial charge in [-0.3, -0.25) is 4.79 Å². The number of hydrogen-bond donors (Lipinski definition) is 0. The van der Waals surface area contributed by atoms with Crippen molar-refractivity contribution in [2.75, 3.05) is 25.7 Å².